The summed E-state index contributed by atoms with van der Waals surface area (Å²) in [6.45, 7) is 0.800. The van der Waals surface area contributed by atoms with Gasteiger partial charge in [0, 0.05) is 13.7 Å². The predicted octanol–water partition coefficient (Wildman–Crippen LogP) is 0.963. The monoisotopic (exact) mass is 169 g/mol. The number of rotatable bonds is 2. The third-order valence-corrected chi connectivity index (χ3v) is 1.87. The maximum Gasteiger partial charge on any atom is 0.321 e. The van der Waals surface area contributed by atoms with Gasteiger partial charge in [-0.25, -0.2) is 0 Å². The molecule has 0 aromatic carbocycles. The molecule has 0 spiro atoms. The zero-order valence-electron chi connectivity index (χ0n) is 6.91. The van der Waals surface area contributed by atoms with Crippen LogP contribution in [0.4, 0.5) is 6.01 Å². The van der Waals surface area contributed by atoms with E-state index in [1.165, 1.54) is 0 Å². The van der Waals surface area contributed by atoms with Crippen LogP contribution in [-0.4, -0.2) is 23.8 Å². The SMILES string of the molecule is CNc1nc(C2CCCO2)no1. The Morgan fingerprint density at radius 2 is 2.50 bits per heavy atom. The fraction of sp³-hybridized carbons (Fsp3) is 0.714. The van der Waals surface area contributed by atoms with E-state index in [1.54, 1.807) is 7.05 Å². The fourth-order valence-electron chi connectivity index (χ4n) is 1.25. The van der Waals surface area contributed by atoms with Crippen LogP contribution in [0, 0.1) is 0 Å². The highest BCUT2D eigenvalue weighted by atomic mass is 16.5. The van der Waals surface area contributed by atoms with Crippen LogP contribution in [-0.2, 0) is 4.74 Å². The smallest absolute Gasteiger partial charge is 0.321 e. The zero-order valence-corrected chi connectivity index (χ0v) is 6.91. The summed E-state index contributed by atoms with van der Waals surface area (Å²) in [4.78, 5) is 4.10. The molecule has 1 atom stereocenters. The van der Waals surface area contributed by atoms with E-state index >= 15 is 0 Å². The Bertz CT molecular complexity index is 255. The van der Waals surface area contributed by atoms with Gasteiger partial charge < -0.3 is 14.6 Å². The normalized spacial score (nSPS) is 22.9. The third kappa shape index (κ3) is 1.27. The Kier molecular flexibility index (Phi) is 1.95. The molecule has 1 aliphatic rings. The summed E-state index contributed by atoms with van der Waals surface area (Å²) in [6, 6.07) is 0.445. The molecule has 1 fully saturated rings. The molecule has 2 rings (SSSR count). The average molecular weight is 169 g/mol. The lowest BCUT2D eigenvalue weighted by molar-refractivity contribution is 0.103. The number of hydrogen-bond acceptors (Lipinski definition) is 5. The third-order valence-electron chi connectivity index (χ3n) is 1.87. The van der Waals surface area contributed by atoms with Crippen LogP contribution in [0.1, 0.15) is 24.8 Å². The van der Waals surface area contributed by atoms with Crippen molar-refractivity contribution >= 4 is 6.01 Å². The van der Waals surface area contributed by atoms with Gasteiger partial charge in [0.1, 0.15) is 6.10 Å². The van der Waals surface area contributed by atoms with Crippen LogP contribution >= 0.6 is 0 Å². The topological polar surface area (TPSA) is 60.2 Å². The molecule has 1 unspecified atom stereocenters. The van der Waals surface area contributed by atoms with Crippen LogP contribution in [0.5, 0.6) is 0 Å². The maximum absolute atomic E-state index is 5.38. The number of hydrogen-bond donors (Lipinski definition) is 1. The Morgan fingerprint density at radius 1 is 1.58 bits per heavy atom. The summed E-state index contributed by atoms with van der Waals surface area (Å²) in [7, 11) is 1.74. The van der Waals surface area contributed by atoms with Gasteiger partial charge in [0.15, 0.2) is 0 Å². The fourth-order valence-corrected chi connectivity index (χ4v) is 1.25. The summed E-state index contributed by atoms with van der Waals surface area (Å²) in [6.07, 6.45) is 2.10. The van der Waals surface area contributed by atoms with Crippen molar-refractivity contribution in [3.63, 3.8) is 0 Å². The Balaban J connectivity index is 2.11. The quantitative estimate of drug-likeness (QED) is 0.714. The minimum atomic E-state index is 0.0378. The van der Waals surface area contributed by atoms with Crippen molar-refractivity contribution in [2.24, 2.45) is 0 Å². The van der Waals surface area contributed by atoms with Crippen molar-refractivity contribution in [3.05, 3.63) is 5.82 Å². The van der Waals surface area contributed by atoms with Crippen LogP contribution in [0.2, 0.25) is 0 Å². The van der Waals surface area contributed by atoms with Crippen LogP contribution in [0.3, 0.4) is 0 Å². The van der Waals surface area contributed by atoms with Gasteiger partial charge in [-0.2, -0.15) is 4.98 Å². The molecular weight excluding hydrogens is 158 g/mol. The van der Waals surface area contributed by atoms with Crippen molar-refractivity contribution < 1.29 is 9.26 Å². The van der Waals surface area contributed by atoms with Gasteiger partial charge in [-0.05, 0) is 12.8 Å². The van der Waals surface area contributed by atoms with E-state index in [0.717, 1.165) is 19.4 Å². The van der Waals surface area contributed by atoms with Crippen LogP contribution < -0.4 is 5.32 Å². The minimum absolute atomic E-state index is 0.0378. The van der Waals surface area contributed by atoms with Gasteiger partial charge >= 0.3 is 6.01 Å². The first kappa shape index (κ1) is 7.54. The highest BCUT2D eigenvalue weighted by molar-refractivity contribution is 5.16. The molecule has 1 aromatic heterocycles. The first-order valence-electron chi connectivity index (χ1n) is 4.03. The summed E-state index contributed by atoms with van der Waals surface area (Å²) in [5.74, 6) is 0.650. The highest BCUT2D eigenvalue weighted by Gasteiger charge is 2.22. The van der Waals surface area contributed by atoms with E-state index in [-0.39, 0.29) is 6.10 Å². The second kappa shape index (κ2) is 3.10. The molecule has 5 nitrogen and oxygen atoms in total. The van der Waals surface area contributed by atoms with E-state index in [2.05, 4.69) is 15.5 Å². The lowest BCUT2D eigenvalue weighted by Gasteiger charge is -2.00. The number of anilines is 1. The molecule has 0 bridgehead atoms. The summed E-state index contributed by atoms with van der Waals surface area (Å²) >= 11 is 0. The number of aromatic nitrogens is 2. The van der Waals surface area contributed by atoms with Gasteiger partial charge in [-0.3, -0.25) is 0 Å². The van der Waals surface area contributed by atoms with Crippen LogP contribution in [0.15, 0.2) is 4.52 Å². The van der Waals surface area contributed by atoms with Crippen molar-refractivity contribution in [2.75, 3.05) is 19.0 Å². The lowest BCUT2D eigenvalue weighted by Crippen LogP contribution is -1.98. The standard InChI is InChI=1S/C7H11N3O2/c1-8-7-9-6(10-12-7)5-3-2-4-11-5/h5H,2-4H2,1H3,(H,8,9,10). The Morgan fingerprint density at radius 3 is 3.08 bits per heavy atom. The van der Waals surface area contributed by atoms with Crippen molar-refractivity contribution in [1.82, 2.24) is 10.1 Å². The molecule has 0 amide bonds. The number of ether oxygens (including phenoxy) is 1. The second-order valence-corrected chi connectivity index (χ2v) is 2.71. The Labute approximate surface area is 70.1 Å². The molecular formula is C7H11N3O2. The lowest BCUT2D eigenvalue weighted by atomic mass is 10.2. The first-order valence-corrected chi connectivity index (χ1v) is 4.03. The molecule has 0 aliphatic carbocycles. The van der Waals surface area contributed by atoms with Gasteiger partial charge in [0.2, 0.25) is 5.82 Å². The summed E-state index contributed by atoms with van der Waals surface area (Å²) in [5, 5.41) is 6.57. The molecule has 5 heteroatoms. The molecule has 66 valence electrons. The predicted molar refractivity (Wildman–Crippen MR) is 41.8 cm³/mol. The molecule has 1 saturated heterocycles. The average Bonchev–Trinajstić information content (AvgIpc) is 2.75. The van der Waals surface area contributed by atoms with E-state index in [0.29, 0.717) is 11.8 Å². The summed E-state index contributed by atoms with van der Waals surface area (Å²) < 4.78 is 10.3. The first-order chi connectivity index (χ1) is 5.90. The molecule has 12 heavy (non-hydrogen) atoms. The minimum Gasteiger partial charge on any atom is -0.370 e. The van der Waals surface area contributed by atoms with Crippen molar-refractivity contribution in [2.45, 2.75) is 18.9 Å². The van der Waals surface area contributed by atoms with Crippen LogP contribution in [0.25, 0.3) is 0 Å². The number of nitrogens with one attached hydrogen (secondary N) is 1. The molecule has 0 saturated carbocycles. The molecule has 1 N–H and O–H groups in total. The van der Waals surface area contributed by atoms with Gasteiger partial charge in [0.05, 0.1) is 0 Å². The zero-order chi connectivity index (χ0) is 8.39. The number of nitrogens with zero attached hydrogens (tertiary/aromatic N) is 2. The summed E-state index contributed by atoms with van der Waals surface area (Å²) in [5.41, 5.74) is 0. The van der Waals surface area contributed by atoms with E-state index in [9.17, 15) is 0 Å². The van der Waals surface area contributed by atoms with Gasteiger partial charge in [-0.15, -0.1) is 0 Å². The van der Waals surface area contributed by atoms with Crippen molar-refractivity contribution in [3.8, 4) is 0 Å². The maximum atomic E-state index is 5.38. The van der Waals surface area contributed by atoms with Crippen molar-refractivity contribution in [1.29, 1.82) is 0 Å². The van der Waals surface area contributed by atoms with Gasteiger partial charge in [0.25, 0.3) is 0 Å². The highest BCUT2D eigenvalue weighted by Crippen LogP contribution is 2.26. The largest absolute Gasteiger partial charge is 0.370 e. The molecule has 1 aromatic rings. The van der Waals surface area contributed by atoms with Gasteiger partial charge in [-0.1, -0.05) is 5.16 Å². The molecule has 0 radical (unpaired) electrons. The van der Waals surface area contributed by atoms with E-state index < -0.39 is 0 Å². The Hall–Kier alpha value is -1.10. The molecule has 2 heterocycles. The van der Waals surface area contributed by atoms with E-state index in [1.807, 2.05) is 0 Å². The molecule has 1 aliphatic heterocycles. The van der Waals surface area contributed by atoms with E-state index in [4.69, 9.17) is 9.26 Å². The second-order valence-electron chi connectivity index (χ2n) is 2.71.